The zero-order valence-corrected chi connectivity index (χ0v) is 19.2. The third kappa shape index (κ3) is 4.14. The number of anilines is 1. The van der Waals surface area contributed by atoms with Crippen molar-refractivity contribution in [3.05, 3.63) is 94.2 Å². The molecule has 2 aromatic heterocycles. The van der Waals surface area contributed by atoms with E-state index in [9.17, 15) is 9.18 Å². The Kier molecular flexibility index (Phi) is 5.57. The van der Waals surface area contributed by atoms with Crippen molar-refractivity contribution in [3.8, 4) is 11.7 Å². The number of amides is 1. The smallest absolute Gasteiger partial charge is 0.252 e. The molecule has 0 saturated heterocycles. The van der Waals surface area contributed by atoms with Crippen LogP contribution in [0.5, 0.6) is 5.75 Å². The summed E-state index contributed by atoms with van der Waals surface area (Å²) in [7, 11) is 0. The highest BCUT2D eigenvalue weighted by Crippen LogP contribution is 2.43. The molecule has 0 aliphatic carbocycles. The summed E-state index contributed by atoms with van der Waals surface area (Å²) in [4.78, 5) is 21.8. The van der Waals surface area contributed by atoms with Crippen LogP contribution in [0.15, 0.2) is 54.6 Å². The molecule has 1 N–H and O–H groups in total. The van der Waals surface area contributed by atoms with E-state index in [-0.39, 0.29) is 30.7 Å². The van der Waals surface area contributed by atoms with E-state index in [0.29, 0.717) is 17.5 Å². The first-order valence-electron chi connectivity index (χ1n) is 11.1. The van der Waals surface area contributed by atoms with Gasteiger partial charge in [0.15, 0.2) is 0 Å². The van der Waals surface area contributed by atoms with Gasteiger partial charge in [-0.2, -0.15) is 9.78 Å². The van der Waals surface area contributed by atoms with E-state index in [4.69, 9.17) is 4.74 Å². The number of hydrogen-bond acceptors (Lipinski definition) is 5. The molecule has 1 atom stereocenters. The molecule has 0 fully saturated rings. The molecule has 7 nitrogen and oxygen atoms in total. The van der Waals surface area contributed by atoms with Gasteiger partial charge in [0, 0.05) is 34.9 Å². The molecule has 8 heteroatoms. The van der Waals surface area contributed by atoms with Crippen LogP contribution in [0.3, 0.4) is 0 Å². The molecule has 0 bridgehead atoms. The van der Waals surface area contributed by atoms with Crippen molar-refractivity contribution >= 4 is 11.7 Å². The molecular weight excluding hydrogens is 433 g/mol. The van der Waals surface area contributed by atoms with Gasteiger partial charge in [-0.15, -0.1) is 0 Å². The summed E-state index contributed by atoms with van der Waals surface area (Å²) in [5.74, 6) is 0.948. The second kappa shape index (κ2) is 8.70. The molecule has 1 amide bonds. The second-order valence-corrected chi connectivity index (χ2v) is 8.47. The monoisotopic (exact) mass is 457 g/mol. The van der Waals surface area contributed by atoms with Gasteiger partial charge in [0.1, 0.15) is 24.0 Å². The van der Waals surface area contributed by atoms with Crippen LogP contribution in [0.4, 0.5) is 10.2 Å². The number of aryl methyl sites for hydroxylation is 3. The van der Waals surface area contributed by atoms with E-state index in [1.807, 2.05) is 57.2 Å². The average Bonchev–Trinajstić information content (AvgIpc) is 3.13. The van der Waals surface area contributed by atoms with Crippen LogP contribution < -0.4 is 10.1 Å². The molecule has 0 radical (unpaired) electrons. The summed E-state index contributed by atoms with van der Waals surface area (Å²) in [5.41, 5.74) is 4.93. The van der Waals surface area contributed by atoms with Gasteiger partial charge in [0.05, 0.1) is 5.69 Å². The van der Waals surface area contributed by atoms with Gasteiger partial charge in [-0.25, -0.2) is 14.4 Å². The SMILES string of the molecule is Cc1cc(C)nc(-n2nc(C)c3c2NC(=O)C[C@H]3c2ccccc2OCc2cccc(F)c2)n1. The molecule has 5 rings (SSSR count). The summed E-state index contributed by atoms with van der Waals surface area (Å²) < 4.78 is 21.3. The Balaban J connectivity index is 1.55. The number of aromatic nitrogens is 4. The molecule has 0 unspecified atom stereocenters. The average molecular weight is 458 g/mol. The highest BCUT2D eigenvalue weighted by atomic mass is 19.1. The minimum absolute atomic E-state index is 0.122. The Morgan fingerprint density at radius 3 is 2.59 bits per heavy atom. The van der Waals surface area contributed by atoms with Gasteiger partial charge >= 0.3 is 0 Å². The molecule has 1 aliphatic heterocycles. The summed E-state index contributed by atoms with van der Waals surface area (Å²) >= 11 is 0. The minimum Gasteiger partial charge on any atom is -0.489 e. The Morgan fingerprint density at radius 1 is 1.06 bits per heavy atom. The van der Waals surface area contributed by atoms with Crippen molar-refractivity contribution < 1.29 is 13.9 Å². The lowest BCUT2D eigenvalue weighted by Crippen LogP contribution is -2.25. The summed E-state index contributed by atoms with van der Waals surface area (Å²) in [5, 5.41) is 7.65. The molecule has 0 saturated carbocycles. The van der Waals surface area contributed by atoms with Crippen molar-refractivity contribution in [1.82, 2.24) is 19.7 Å². The quantitative estimate of drug-likeness (QED) is 0.466. The number of nitrogens with one attached hydrogen (secondary N) is 1. The van der Waals surface area contributed by atoms with E-state index < -0.39 is 0 Å². The fourth-order valence-corrected chi connectivity index (χ4v) is 4.45. The van der Waals surface area contributed by atoms with Gasteiger partial charge in [-0.05, 0) is 50.6 Å². The molecule has 3 heterocycles. The number of rotatable bonds is 5. The van der Waals surface area contributed by atoms with Gasteiger partial charge in [0.2, 0.25) is 5.91 Å². The second-order valence-electron chi connectivity index (χ2n) is 8.47. The number of fused-ring (bicyclic) bond motifs is 1. The molecule has 2 aromatic carbocycles. The van der Waals surface area contributed by atoms with Crippen molar-refractivity contribution in [2.75, 3.05) is 5.32 Å². The molecule has 172 valence electrons. The Bertz CT molecular complexity index is 1380. The number of carbonyl (C=O) groups is 1. The fraction of sp³-hybridized carbons (Fsp3) is 0.231. The van der Waals surface area contributed by atoms with Crippen LogP contribution in [0.2, 0.25) is 0 Å². The van der Waals surface area contributed by atoms with E-state index in [2.05, 4.69) is 20.4 Å². The van der Waals surface area contributed by atoms with Crippen LogP contribution in [0, 0.1) is 26.6 Å². The van der Waals surface area contributed by atoms with Gasteiger partial charge in [-0.3, -0.25) is 4.79 Å². The lowest BCUT2D eigenvalue weighted by molar-refractivity contribution is -0.116. The third-order valence-corrected chi connectivity index (χ3v) is 5.84. The highest BCUT2D eigenvalue weighted by molar-refractivity contribution is 5.95. The first-order valence-corrected chi connectivity index (χ1v) is 11.1. The van der Waals surface area contributed by atoms with E-state index in [1.165, 1.54) is 12.1 Å². The zero-order chi connectivity index (χ0) is 23.8. The molecular formula is C26H24FN5O2. The molecule has 34 heavy (non-hydrogen) atoms. The number of halogens is 1. The van der Waals surface area contributed by atoms with Crippen molar-refractivity contribution in [2.24, 2.45) is 0 Å². The number of ether oxygens (including phenoxy) is 1. The maximum atomic E-state index is 13.6. The summed E-state index contributed by atoms with van der Waals surface area (Å²) in [6, 6.07) is 15.8. The van der Waals surface area contributed by atoms with E-state index in [0.717, 1.165) is 33.8 Å². The predicted octanol–water partition coefficient (Wildman–Crippen LogP) is 4.78. The number of hydrogen-bond donors (Lipinski definition) is 1. The van der Waals surface area contributed by atoms with Crippen LogP contribution >= 0.6 is 0 Å². The first kappa shape index (κ1) is 21.8. The molecule has 4 aromatic rings. The van der Waals surface area contributed by atoms with Gasteiger partial charge < -0.3 is 10.1 Å². The lowest BCUT2D eigenvalue weighted by atomic mass is 9.85. The van der Waals surface area contributed by atoms with Crippen molar-refractivity contribution in [2.45, 2.75) is 39.7 Å². The van der Waals surface area contributed by atoms with Crippen molar-refractivity contribution in [1.29, 1.82) is 0 Å². The summed E-state index contributed by atoms with van der Waals surface area (Å²) in [6.45, 7) is 5.93. The fourth-order valence-electron chi connectivity index (χ4n) is 4.45. The van der Waals surface area contributed by atoms with E-state index in [1.54, 1.807) is 10.7 Å². The van der Waals surface area contributed by atoms with Crippen LogP contribution in [0.25, 0.3) is 5.95 Å². The van der Waals surface area contributed by atoms with Crippen molar-refractivity contribution in [3.63, 3.8) is 0 Å². The normalized spacial score (nSPS) is 15.1. The topological polar surface area (TPSA) is 81.9 Å². The number of carbonyl (C=O) groups excluding carboxylic acids is 1. The van der Waals surface area contributed by atoms with Crippen LogP contribution in [-0.4, -0.2) is 25.7 Å². The van der Waals surface area contributed by atoms with Crippen LogP contribution in [0.1, 0.15) is 46.1 Å². The standard InChI is InChI=1S/C26H24FN5O2/c1-15-11-16(2)29-26(28-15)32-25-24(17(3)31-32)21(13-23(33)30-25)20-9-4-5-10-22(20)34-14-18-7-6-8-19(27)12-18/h4-12,21H,13-14H2,1-3H3,(H,30,33)/t21-/m0/s1. The highest BCUT2D eigenvalue weighted by Gasteiger charge is 2.34. The third-order valence-electron chi connectivity index (χ3n) is 5.84. The maximum absolute atomic E-state index is 13.6. The first-order chi connectivity index (χ1) is 16.4. The number of benzene rings is 2. The largest absolute Gasteiger partial charge is 0.489 e. The Hall–Kier alpha value is -4.07. The van der Waals surface area contributed by atoms with Crippen LogP contribution in [-0.2, 0) is 11.4 Å². The lowest BCUT2D eigenvalue weighted by Gasteiger charge is -2.26. The van der Waals surface area contributed by atoms with Gasteiger partial charge in [0.25, 0.3) is 5.95 Å². The zero-order valence-electron chi connectivity index (χ0n) is 19.2. The molecule has 0 spiro atoms. The Morgan fingerprint density at radius 2 is 1.82 bits per heavy atom. The van der Waals surface area contributed by atoms with E-state index >= 15 is 0 Å². The number of para-hydroxylation sites is 1. The minimum atomic E-state index is -0.306. The number of nitrogens with zero attached hydrogens (tertiary/aromatic N) is 4. The summed E-state index contributed by atoms with van der Waals surface area (Å²) in [6.07, 6.45) is 0.258. The Labute approximate surface area is 196 Å². The molecule has 1 aliphatic rings. The maximum Gasteiger partial charge on any atom is 0.252 e. The predicted molar refractivity (Wildman–Crippen MR) is 126 cm³/mol. The van der Waals surface area contributed by atoms with Gasteiger partial charge in [-0.1, -0.05) is 30.3 Å².